The van der Waals surface area contributed by atoms with Crippen LogP contribution in [0.25, 0.3) is 0 Å². The molecule has 1 atom stereocenters. The monoisotopic (exact) mass is 313 g/mol. The molecule has 0 bridgehead atoms. The Morgan fingerprint density at radius 2 is 2.17 bits per heavy atom. The second-order valence-electron chi connectivity index (χ2n) is 6.83. The van der Waals surface area contributed by atoms with Crippen LogP contribution in [-0.4, -0.2) is 33.9 Å². The lowest BCUT2D eigenvalue weighted by atomic mass is 9.94. The first kappa shape index (κ1) is 14.5. The van der Waals surface area contributed by atoms with Crippen molar-refractivity contribution in [1.29, 1.82) is 0 Å². The smallest absolute Gasteiger partial charge is 0.257 e. The van der Waals surface area contributed by atoms with Gasteiger partial charge in [-0.15, -0.1) is 0 Å². The van der Waals surface area contributed by atoms with E-state index in [4.69, 9.17) is 4.42 Å². The van der Waals surface area contributed by atoms with Crippen LogP contribution in [-0.2, 0) is 12.8 Å². The van der Waals surface area contributed by atoms with Crippen molar-refractivity contribution in [2.24, 2.45) is 0 Å². The number of nitrogens with zero attached hydrogens (tertiary/aromatic N) is 2. The Balaban J connectivity index is 1.55. The largest absolute Gasteiger partial charge is 0.465 e. The van der Waals surface area contributed by atoms with Crippen molar-refractivity contribution in [1.82, 2.24) is 14.9 Å². The van der Waals surface area contributed by atoms with Gasteiger partial charge in [0.2, 0.25) is 0 Å². The highest BCUT2D eigenvalue weighted by Crippen LogP contribution is 2.33. The lowest BCUT2D eigenvalue weighted by molar-refractivity contribution is 0.0788. The van der Waals surface area contributed by atoms with Crippen molar-refractivity contribution >= 4 is 5.91 Å². The number of carbonyl (C=O) groups excluding carboxylic acids is 1. The topological polar surface area (TPSA) is 62.1 Å². The molecule has 1 aliphatic heterocycles. The van der Waals surface area contributed by atoms with Crippen molar-refractivity contribution in [2.75, 3.05) is 13.1 Å². The van der Waals surface area contributed by atoms with Crippen LogP contribution in [0.3, 0.4) is 0 Å². The minimum atomic E-state index is 0.139. The number of fused-ring (bicyclic) bond motifs is 1. The third-order valence-corrected chi connectivity index (χ3v) is 5.15. The lowest BCUT2D eigenvalue weighted by Gasteiger charge is -2.18. The minimum Gasteiger partial charge on any atom is -0.465 e. The summed E-state index contributed by atoms with van der Waals surface area (Å²) in [6, 6.07) is 0. The van der Waals surface area contributed by atoms with Gasteiger partial charge in [0.15, 0.2) is 0 Å². The number of nitrogens with one attached hydrogen (secondary N) is 1. The van der Waals surface area contributed by atoms with Crippen molar-refractivity contribution < 1.29 is 9.21 Å². The van der Waals surface area contributed by atoms with Crippen LogP contribution < -0.4 is 0 Å². The highest BCUT2D eigenvalue weighted by atomic mass is 16.3. The van der Waals surface area contributed by atoms with Gasteiger partial charge < -0.3 is 14.3 Å². The van der Waals surface area contributed by atoms with Crippen LogP contribution in [0.2, 0.25) is 0 Å². The summed E-state index contributed by atoms with van der Waals surface area (Å²) < 4.78 is 5.87. The van der Waals surface area contributed by atoms with Gasteiger partial charge in [-0.3, -0.25) is 4.79 Å². The third-order valence-electron chi connectivity index (χ3n) is 5.15. The molecule has 5 nitrogen and oxygen atoms in total. The predicted molar refractivity (Wildman–Crippen MR) is 86.7 cm³/mol. The molecule has 4 rings (SSSR count). The molecule has 1 aliphatic carbocycles. The Morgan fingerprint density at radius 3 is 2.96 bits per heavy atom. The first-order chi connectivity index (χ1) is 11.1. The van der Waals surface area contributed by atoms with E-state index in [-0.39, 0.29) is 5.91 Å². The molecule has 0 spiro atoms. The van der Waals surface area contributed by atoms with Crippen LogP contribution in [0.15, 0.2) is 10.6 Å². The highest BCUT2D eigenvalue weighted by Gasteiger charge is 2.33. The Hall–Kier alpha value is -2.04. The molecule has 1 N–H and O–H groups in total. The number of H-pyrrole nitrogens is 1. The maximum absolute atomic E-state index is 13.0. The summed E-state index contributed by atoms with van der Waals surface area (Å²) in [7, 11) is 0. The lowest BCUT2D eigenvalue weighted by Crippen LogP contribution is -2.29. The molecule has 0 saturated carbocycles. The maximum atomic E-state index is 13.0. The van der Waals surface area contributed by atoms with Crippen LogP contribution in [0.5, 0.6) is 0 Å². The number of aromatic amines is 1. The van der Waals surface area contributed by atoms with E-state index in [1.165, 1.54) is 0 Å². The number of furan rings is 1. The summed E-state index contributed by atoms with van der Waals surface area (Å²) in [6.07, 6.45) is 7.09. The van der Waals surface area contributed by atoms with Crippen molar-refractivity contribution in [2.45, 2.75) is 51.9 Å². The van der Waals surface area contributed by atoms with Gasteiger partial charge in [0.1, 0.15) is 17.3 Å². The second-order valence-corrected chi connectivity index (χ2v) is 6.83. The molecule has 122 valence electrons. The quantitative estimate of drug-likeness (QED) is 0.926. The van der Waals surface area contributed by atoms with Gasteiger partial charge in [0, 0.05) is 42.9 Å². The first-order valence-corrected chi connectivity index (χ1v) is 8.55. The molecule has 2 aliphatic rings. The number of hydrogen-bond acceptors (Lipinski definition) is 3. The van der Waals surface area contributed by atoms with E-state index in [1.807, 2.05) is 24.9 Å². The molecule has 1 amide bonds. The zero-order valence-electron chi connectivity index (χ0n) is 13.8. The number of carbonyl (C=O) groups is 1. The van der Waals surface area contributed by atoms with E-state index >= 15 is 0 Å². The summed E-state index contributed by atoms with van der Waals surface area (Å²) in [6.45, 7) is 5.47. The molecular weight excluding hydrogens is 290 g/mol. The van der Waals surface area contributed by atoms with Crippen LogP contribution in [0.1, 0.15) is 64.1 Å². The molecule has 2 aromatic heterocycles. The van der Waals surface area contributed by atoms with E-state index in [9.17, 15) is 4.79 Å². The van der Waals surface area contributed by atoms with E-state index < -0.39 is 0 Å². The van der Waals surface area contributed by atoms with E-state index in [0.717, 1.165) is 79.4 Å². The fourth-order valence-electron chi connectivity index (χ4n) is 3.95. The Kier molecular flexibility index (Phi) is 3.51. The van der Waals surface area contributed by atoms with Gasteiger partial charge in [-0.2, -0.15) is 0 Å². The van der Waals surface area contributed by atoms with Gasteiger partial charge in [0.25, 0.3) is 5.91 Å². The Morgan fingerprint density at radius 1 is 1.35 bits per heavy atom. The number of hydrogen-bond donors (Lipinski definition) is 1. The van der Waals surface area contributed by atoms with E-state index in [2.05, 4.69) is 9.97 Å². The number of rotatable bonds is 2. The zero-order valence-corrected chi connectivity index (χ0v) is 13.8. The summed E-state index contributed by atoms with van der Waals surface area (Å²) in [5.74, 6) is 3.29. The summed E-state index contributed by atoms with van der Waals surface area (Å²) in [5, 5.41) is 0. The standard InChI is InChI=1S/C18H23N3O2/c1-11-9-19-17(20-11)13-7-8-21(10-13)18(22)16-12(2)23-15-6-4-3-5-14(15)16/h9,13H,3-8,10H2,1-2H3,(H,19,20). The number of amides is 1. The Labute approximate surface area is 136 Å². The fraction of sp³-hybridized carbons (Fsp3) is 0.556. The molecule has 1 fully saturated rings. The summed E-state index contributed by atoms with van der Waals surface area (Å²) >= 11 is 0. The predicted octanol–water partition coefficient (Wildman–Crippen LogP) is 3.13. The third kappa shape index (κ3) is 2.48. The zero-order chi connectivity index (χ0) is 16.0. The van der Waals surface area contributed by atoms with E-state index in [0.29, 0.717) is 5.92 Å². The number of aromatic nitrogens is 2. The molecule has 1 unspecified atom stereocenters. The van der Waals surface area contributed by atoms with Gasteiger partial charge in [-0.05, 0) is 39.5 Å². The average Bonchev–Trinajstić information content (AvgIpc) is 3.23. The van der Waals surface area contributed by atoms with Gasteiger partial charge in [-0.25, -0.2) is 4.98 Å². The Bertz CT molecular complexity index is 744. The molecule has 3 heterocycles. The minimum absolute atomic E-state index is 0.139. The number of aryl methyl sites for hydroxylation is 3. The van der Waals surface area contributed by atoms with Crippen molar-refractivity contribution in [3.63, 3.8) is 0 Å². The first-order valence-electron chi connectivity index (χ1n) is 8.55. The van der Waals surface area contributed by atoms with Crippen molar-refractivity contribution in [3.8, 4) is 0 Å². The van der Waals surface area contributed by atoms with Crippen molar-refractivity contribution in [3.05, 3.63) is 40.4 Å². The number of imidazole rings is 1. The van der Waals surface area contributed by atoms with E-state index in [1.54, 1.807) is 0 Å². The normalized spacial score (nSPS) is 20.8. The summed E-state index contributed by atoms with van der Waals surface area (Å²) in [5.41, 5.74) is 3.07. The fourth-order valence-corrected chi connectivity index (χ4v) is 3.95. The SMILES string of the molecule is Cc1cnc(C2CCN(C(=O)c3c(C)oc4c3CCCC4)C2)[nH]1. The number of likely N-dealkylation sites (tertiary alicyclic amines) is 1. The maximum Gasteiger partial charge on any atom is 0.257 e. The average molecular weight is 313 g/mol. The summed E-state index contributed by atoms with van der Waals surface area (Å²) in [4.78, 5) is 22.7. The van der Waals surface area contributed by atoms with Crippen LogP contribution >= 0.6 is 0 Å². The molecule has 5 heteroatoms. The van der Waals surface area contributed by atoms with Gasteiger partial charge in [0.05, 0.1) is 5.56 Å². The van der Waals surface area contributed by atoms with Crippen LogP contribution in [0, 0.1) is 13.8 Å². The molecule has 1 saturated heterocycles. The molecule has 2 aromatic rings. The molecule has 23 heavy (non-hydrogen) atoms. The molecular formula is C18H23N3O2. The second kappa shape index (κ2) is 5.55. The molecule has 0 aromatic carbocycles. The molecule has 0 radical (unpaired) electrons. The van der Waals surface area contributed by atoms with Gasteiger partial charge in [-0.1, -0.05) is 0 Å². The highest BCUT2D eigenvalue weighted by molar-refractivity contribution is 5.97. The van der Waals surface area contributed by atoms with Crippen LogP contribution in [0.4, 0.5) is 0 Å². The van der Waals surface area contributed by atoms with Gasteiger partial charge >= 0.3 is 0 Å².